The Hall–Kier alpha value is -1.00. The SMILES string of the molecule is CC(C)c1ncc(CN(C)CC2CCOC2)cn1. The minimum Gasteiger partial charge on any atom is -0.381 e. The third kappa shape index (κ3) is 3.75. The Kier molecular flexibility index (Phi) is 4.66. The van der Waals surface area contributed by atoms with Crippen molar-refractivity contribution in [2.24, 2.45) is 5.92 Å². The summed E-state index contributed by atoms with van der Waals surface area (Å²) in [4.78, 5) is 11.1. The number of hydrogen-bond donors (Lipinski definition) is 0. The third-order valence-corrected chi connectivity index (χ3v) is 3.29. The van der Waals surface area contributed by atoms with Crippen LogP contribution in [0.15, 0.2) is 12.4 Å². The predicted molar refractivity (Wildman–Crippen MR) is 71.4 cm³/mol. The van der Waals surface area contributed by atoms with Gasteiger partial charge in [-0.2, -0.15) is 0 Å². The number of ether oxygens (including phenoxy) is 1. The summed E-state index contributed by atoms with van der Waals surface area (Å²) in [5.41, 5.74) is 1.18. The van der Waals surface area contributed by atoms with E-state index in [-0.39, 0.29) is 0 Å². The van der Waals surface area contributed by atoms with Gasteiger partial charge in [0.05, 0.1) is 6.61 Å². The fraction of sp³-hybridized carbons (Fsp3) is 0.714. The van der Waals surface area contributed by atoms with Gasteiger partial charge in [0.2, 0.25) is 0 Å². The van der Waals surface area contributed by atoms with E-state index >= 15 is 0 Å². The van der Waals surface area contributed by atoms with Crippen molar-refractivity contribution >= 4 is 0 Å². The van der Waals surface area contributed by atoms with E-state index in [1.54, 1.807) is 0 Å². The molecule has 1 aromatic rings. The van der Waals surface area contributed by atoms with Crippen molar-refractivity contribution in [2.45, 2.75) is 32.7 Å². The van der Waals surface area contributed by atoms with Crippen LogP contribution in [0.25, 0.3) is 0 Å². The van der Waals surface area contributed by atoms with E-state index in [4.69, 9.17) is 4.74 Å². The van der Waals surface area contributed by atoms with Gasteiger partial charge in [-0.3, -0.25) is 0 Å². The molecule has 0 bridgehead atoms. The highest BCUT2D eigenvalue weighted by atomic mass is 16.5. The average Bonchev–Trinajstić information content (AvgIpc) is 2.82. The third-order valence-electron chi connectivity index (χ3n) is 3.29. The average molecular weight is 249 g/mol. The maximum absolute atomic E-state index is 5.40. The first kappa shape index (κ1) is 13.4. The smallest absolute Gasteiger partial charge is 0.130 e. The van der Waals surface area contributed by atoms with Crippen LogP contribution >= 0.6 is 0 Å². The zero-order valence-electron chi connectivity index (χ0n) is 11.6. The molecule has 0 amide bonds. The Balaban J connectivity index is 1.84. The lowest BCUT2D eigenvalue weighted by molar-refractivity contribution is 0.173. The van der Waals surface area contributed by atoms with Gasteiger partial charge in [-0.15, -0.1) is 0 Å². The summed E-state index contributed by atoms with van der Waals surface area (Å²) in [7, 11) is 2.15. The van der Waals surface area contributed by atoms with Crippen LogP contribution in [0.4, 0.5) is 0 Å². The first-order chi connectivity index (χ1) is 8.65. The van der Waals surface area contributed by atoms with E-state index in [1.165, 1.54) is 12.0 Å². The van der Waals surface area contributed by atoms with E-state index in [2.05, 4.69) is 35.8 Å². The summed E-state index contributed by atoms with van der Waals surface area (Å²) in [6.45, 7) is 8.06. The van der Waals surface area contributed by atoms with Gasteiger partial charge in [0.1, 0.15) is 5.82 Å². The van der Waals surface area contributed by atoms with E-state index < -0.39 is 0 Å². The molecular formula is C14H23N3O. The molecule has 0 saturated carbocycles. The molecule has 0 aliphatic carbocycles. The van der Waals surface area contributed by atoms with Crippen molar-refractivity contribution in [2.75, 3.05) is 26.8 Å². The molecule has 1 saturated heterocycles. The van der Waals surface area contributed by atoms with Crippen molar-refractivity contribution in [1.29, 1.82) is 0 Å². The molecule has 0 N–H and O–H groups in total. The summed E-state index contributed by atoms with van der Waals surface area (Å²) in [6, 6.07) is 0. The van der Waals surface area contributed by atoms with Gasteiger partial charge in [-0.1, -0.05) is 13.8 Å². The maximum atomic E-state index is 5.40. The maximum Gasteiger partial charge on any atom is 0.130 e. The minimum atomic E-state index is 0.396. The molecule has 0 radical (unpaired) electrons. The van der Waals surface area contributed by atoms with Crippen molar-refractivity contribution < 1.29 is 4.74 Å². The van der Waals surface area contributed by atoms with Gasteiger partial charge in [0, 0.05) is 43.6 Å². The van der Waals surface area contributed by atoms with E-state index in [0.717, 1.165) is 32.1 Å². The van der Waals surface area contributed by atoms with Gasteiger partial charge in [-0.25, -0.2) is 9.97 Å². The van der Waals surface area contributed by atoms with Crippen LogP contribution < -0.4 is 0 Å². The molecule has 1 aliphatic heterocycles. The van der Waals surface area contributed by atoms with Crippen LogP contribution in [0.1, 0.15) is 37.6 Å². The van der Waals surface area contributed by atoms with Crippen LogP contribution in [0.2, 0.25) is 0 Å². The largest absolute Gasteiger partial charge is 0.381 e. The molecule has 100 valence electrons. The summed E-state index contributed by atoms with van der Waals surface area (Å²) in [5, 5.41) is 0. The molecule has 0 spiro atoms. The minimum absolute atomic E-state index is 0.396. The number of rotatable bonds is 5. The Labute approximate surface area is 109 Å². The van der Waals surface area contributed by atoms with Crippen LogP contribution in [0.3, 0.4) is 0 Å². The predicted octanol–water partition coefficient (Wildman–Crippen LogP) is 2.07. The standard InChI is InChI=1S/C14H23N3O/c1-11(2)14-15-6-13(7-16-14)9-17(3)8-12-4-5-18-10-12/h6-7,11-12H,4-5,8-10H2,1-3H3. The van der Waals surface area contributed by atoms with Gasteiger partial charge in [-0.05, 0) is 19.4 Å². The van der Waals surface area contributed by atoms with Gasteiger partial charge >= 0.3 is 0 Å². The topological polar surface area (TPSA) is 38.2 Å². The summed E-state index contributed by atoms with van der Waals surface area (Å²) in [6.07, 6.45) is 5.08. The summed E-state index contributed by atoms with van der Waals surface area (Å²) < 4.78 is 5.40. The molecule has 0 aromatic carbocycles. The zero-order valence-corrected chi connectivity index (χ0v) is 11.6. The number of aromatic nitrogens is 2. The monoisotopic (exact) mass is 249 g/mol. The molecule has 18 heavy (non-hydrogen) atoms. The van der Waals surface area contributed by atoms with Crippen molar-refractivity contribution in [3.63, 3.8) is 0 Å². The Morgan fingerprint density at radius 2 is 2.11 bits per heavy atom. The van der Waals surface area contributed by atoms with Gasteiger partial charge in [0.15, 0.2) is 0 Å². The number of hydrogen-bond acceptors (Lipinski definition) is 4. The highest BCUT2D eigenvalue weighted by Crippen LogP contribution is 2.14. The fourth-order valence-electron chi connectivity index (χ4n) is 2.29. The molecule has 4 nitrogen and oxygen atoms in total. The van der Waals surface area contributed by atoms with Crippen LogP contribution in [0, 0.1) is 5.92 Å². The lowest BCUT2D eigenvalue weighted by Crippen LogP contribution is -2.25. The van der Waals surface area contributed by atoms with Crippen LogP contribution in [-0.4, -0.2) is 41.7 Å². The number of nitrogens with zero attached hydrogens (tertiary/aromatic N) is 3. The molecular weight excluding hydrogens is 226 g/mol. The molecule has 2 rings (SSSR count). The first-order valence-electron chi connectivity index (χ1n) is 6.72. The summed E-state index contributed by atoms with van der Waals surface area (Å²) >= 11 is 0. The molecule has 1 aliphatic rings. The highest BCUT2D eigenvalue weighted by Gasteiger charge is 2.17. The molecule has 4 heteroatoms. The van der Waals surface area contributed by atoms with Crippen molar-refractivity contribution in [3.05, 3.63) is 23.8 Å². The molecule has 1 unspecified atom stereocenters. The van der Waals surface area contributed by atoms with E-state index in [9.17, 15) is 0 Å². The zero-order chi connectivity index (χ0) is 13.0. The highest BCUT2D eigenvalue weighted by molar-refractivity contribution is 5.06. The summed E-state index contributed by atoms with van der Waals surface area (Å²) in [5.74, 6) is 2.00. The first-order valence-corrected chi connectivity index (χ1v) is 6.72. The van der Waals surface area contributed by atoms with Crippen LogP contribution in [0.5, 0.6) is 0 Å². The van der Waals surface area contributed by atoms with Gasteiger partial charge < -0.3 is 9.64 Å². The Morgan fingerprint density at radius 3 is 2.67 bits per heavy atom. The molecule has 2 heterocycles. The van der Waals surface area contributed by atoms with Crippen molar-refractivity contribution in [1.82, 2.24) is 14.9 Å². The van der Waals surface area contributed by atoms with Gasteiger partial charge in [0.25, 0.3) is 0 Å². The second-order valence-electron chi connectivity index (χ2n) is 5.53. The normalized spacial score (nSPS) is 19.9. The molecule has 1 fully saturated rings. The van der Waals surface area contributed by atoms with E-state index in [0.29, 0.717) is 11.8 Å². The second-order valence-corrected chi connectivity index (χ2v) is 5.53. The molecule has 1 aromatic heterocycles. The fourth-order valence-corrected chi connectivity index (χ4v) is 2.29. The lowest BCUT2D eigenvalue weighted by atomic mass is 10.1. The Morgan fingerprint density at radius 1 is 1.39 bits per heavy atom. The quantitative estimate of drug-likeness (QED) is 0.800. The van der Waals surface area contributed by atoms with E-state index in [1.807, 2.05) is 12.4 Å². The second kappa shape index (κ2) is 6.25. The van der Waals surface area contributed by atoms with Crippen molar-refractivity contribution in [3.8, 4) is 0 Å². The Bertz CT molecular complexity index is 358. The lowest BCUT2D eigenvalue weighted by Gasteiger charge is -2.19. The molecule has 1 atom stereocenters. The van der Waals surface area contributed by atoms with Crippen LogP contribution in [-0.2, 0) is 11.3 Å².